The minimum absolute atomic E-state index is 0.0326. The number of benzene rings is 1. The number of hydrogen-bond acceptors (Lipinski definition) is 3. The molecule has 1 heterocycles. The molecule has 0 unspecified atom stereocenters. The zero-order chi connectivity index (χ0) is 14.0. The topological polar surface area (TPSA) is 43.4 Å². The van der Waals surface area contributed by atoms with E-state index in [9.17, 15) is 8.42 Å². The van der Waals surface area contributed by atoms with Crippen LogP contribution in [0.5, 0.6) is 0 Å². The molecule has 0 spiro atoms. The molecule has 0 aromatic heterocycles. The van der Waals surface area contributed by atoms with Gasteiger partial charge < -0.3 is 4.74 Å². The highest BCUT2D eigenvalue weighted by atomic mass is 32.2. The van der Waals surface area contributed by atoms with Gasteiger partial charge in [-0.15, -0.1) is 0 Å². The predicted octanol–water partition coefficient (Wildman–Crippen LogP) is 2.83. The van der Waals surface area contributed by atoms with Crippen LogP contribution in [0, 0.1) is 18.8 Å². The van der Waals surface area contributed by atoms with Crippen LogP contribution in [-0.2, 0) is 14.6 Å². The largest absolute Gasteiger partial charge is 0.378 e. The quantitative estimate of drug-likeness (QED) is 0.853. The molecule has 2 rings (SSSR count). The SMILES string of the molecule is CC[C@H]1CO[C@@H](C)[C@@H]1CS(=O)(=O)c1ccc(C)cc1. The first kappa shape index (κ1) is 14.5. The monoisotopic (exact) mass is 282 g/mol. The van der Waals surface area contributed by atoms with Crippen LogP contribution in [0.1, 0.15) is 25.8 Å². The van der Waals surface area contributed by atoms with Crippen molar-refractivity contribution < 1.29 is 13.2 Å². The Labute approximate surface area is 115 Å². The standard InChI is InChI=1S/C15H22O3S/c1-4-13-9-18-12(3)15(13)10-19(16,17)14-7-5-11(2)6-8-14/h5-8,12-13,15H,4,9-10H2,1-3H3/t12-,13-,15-/m0/s1. The summed E-state index contributed by atoms with van der Waals surface area (Å²) in [6.07, 6.45) is 1.00. The van der Waals surface area contributed by atoms with Crippen LogP contribution in [0.3, 0.4) is 0 Å². The molecule has 1 aromatic rings. The number of aryl methyl sites for hydroxylation is 1. The van der Waals surface area contributed by atoms with Gasteiger partial charge in [0.2, 0.25) is 0 Å². The van der Waals surface area contributed by atoms with Gasteiger partial charge in [0.15, 0.2) is 9.84 Å². The third kappa shape index (κ3) is 3.18. The van der Waals surface area contributed by atoms with E-state index in [0.717, 1.165) is 12.0 Å². The van der Waals surface area contributed by atoms with E-state index >= 15 is 0 Å². The molecule has 0 radical (unpaired) electrons. The molecule has 1 fully saturated rings. The van der Waals surface area contributed by atoms with Crippen molar-refractivity contribution >= 4 is 9.84 Å². The lowest BCUT2D eigenvalue weighted by Gasteiger charge is -2.19. The summed E-state index contributed by atoms with van der Waals surface area (Å²) in [4.78, 5) is 0.423. The van der Waals surface area contributed by atoms with Gasteiger partial charge in [-0.25, -0.2) is 8.42 Å². The summed E-state index contributed by atoms with van der Waals surface area (Å²) in [6.45, 7) is 6.71. The predicted molar refractivity (Wildman–Crippen MR) is 75.9 cm³/mol. The lowest BCUT2D eigenvalue weighted by atomic mass is 9.91. The third-order valence-electron chi connectivity index (χ3n) is 4.10. The zero-order valence-electron chi connectivity index (χ0n) is 11.8. The highest BCUT2D eigenvalue weighted by molar-refractivity contribution is 7.91. The van der Waals surface area contributed by atoms with Gasteiger partial charge in [-0.05, 0) is 31.9 Å². The van der Waals surface area contributed by atoms with Crippen LogP contribution in [0.2, 0.25) is 0 Å². The highest BCUT2D eigenvalue weighted by Crippen LogP contribution is 2.32. The van der Waals surface area contributed by atoms with Crippen LogP contribution in [-0.4, -0.2) is 26.9 Å². The molecular weight excluding hydrogens is 260 g/mol. The Kier molecular flexibility index (Phi) is 4.31. The fourth-order valence-electron chi connectivity index (χ4n) is 2.69. The normalized spacial score (nSPS) is 27.6. The maximum Gasteiger partial charge on any atom is 0.178 e. The van der Waals surface area contributed by atoms with Crippen LogP contribution in [0.4, 0.5) is 0 Å². The molecule has 0 saturated carbocycles. The zero-order valence-corrected chi connectivity index (χ0v) is 12.6. The molecule has 1 aliphatic heterocycles. The van der Waals surface area contributed by atoms with Crippen molar-refractivity contribution in [1.29, 1.82) is 0 Å². The van der Waals surface area contributed by atoms with Crippen LogP contribution < -0.4 is 0 Å². The highest BCUT2D eigenvalue weighted by Gasteiger charge is 2.36. The second kappa shape index (κ2) is 5.63. The number of hydrogen-bond donors (Lipinski definition) is 0. The molecule has 19 heavy (non-hydrogen) atoms. The molecule has 4 heteroatoms. The fourth-order valence-corrected chi connectivity index (χ4v) is 4.49. The van der Waals surface area contributed by atoms with E-state index in [1.54, 1.807) is 12.1 Å². The van der Waals surface area contributed by atoms with E-state index in [1.807, 2.05) is 26.0 Å². The van der Waals surface area contributed by atoms with Gasteiger partial charge in [0.25, 0.3) is 0 Å². The summed E-state index contributed by atoms with van der Waals surface area (Å²) in [6, 6.07) is 7.09. The Morgan fingerprint density at radius 2 is 1.89 bits per heavy atom. The Hall–Kier alpha value is -0.870. The van der Waals surface area contributed by atoms with Crippen LogP contribution in [0.15, 0.2) is 29.2 Å². The van der Waals surface area contributed by atoms with Crippen LogP contribution >= 0.6 is 0 Å². The average Bonchev–Trinajstić information content (AvgIpc) is 2.70. The maximum absolute atomic E-state index is 12.5. The molecule has 0 amide bonds. The van der Waals surface area contributed by atoms with Crippen molar-refractivity contribution in [3.63, 3.8) is 0 Å². The van der Waals surface area contributed by atoms with E-state index in [2.05, 4.69) is 6.92 Å². The van der Waals surface area contributed by atoms with Crippen molar-refractivity contribution in [2.24, 2.45) is 11.8 Å². The molecule has 3 nitrogen and oxygen atoms in total. The summed E-state index contributed by atoms with van der Waals surface area (Å²) in [5, 5.41) is 0. The molecular formula is C15H22O3S. The van der Waals surface area contributed by atoms with Gasteiger partial charge in [-0.3, -0.25) is 0 Å². The summed E-state index contributed by atoms with van der Waals surface area (Å²) >= 11 is 0. The van der Waals surface area contributed by atoms with Crippen molar-refractivity contribution in [2.45, 2.75) is 38.2 Å². The van der Waals surface area contributed by atoms with Crippen molar-refractivity contribution in [3.05, 3.63) is 29.8 Å². The van der Waals surface area contributed by atoms with E-state index in [4.69, 9.17) is 4.74 Å². The van der Waals surface area contributed by atoms with E-state index in [-0.39, 0.29) is 17.8 Å². The van der Waals surface area contributed by atoms with Gasteiger partial charge in [0.05, 0.1) is 23.4 Å². The molecule has 1 saturated heterocycles. The third-order valence-corrected chi connectivity index (χ3v) is 5.91. The van der Waals surface area contributed by atoms with Crippen molar-refractivity contribution in [1.82, 2.24) is 0 Å². The first-order valence-corrected chi connectivity index (χ1v) is 8.50. The summed E-state index contributed by atoms with van der Waals surface area (Å²) in [5.41, 5.74) is 1.07. The second-order valence-electron chi connectivity index (χ2n) is 5.47. The minimum atomic E-state index is -3.22. The van der Waals surface area contributed by atoms with Gasteiger partial charge >= 0.3 is 0 Å². The number of ether oxygens (including phenoxy) is 1. The lowest BCUT2D eigenvalue weighted by Crippen LogP contribution is -2.26. The first-order valence-electron chi connectivity index (χ1n) is 6.85. The first-order chi connectivity index (χ1) is 8.94. The molecule has 0 N–H and O–H groups in total. The molecule has 0 aliphatic carbocycles. The Bertz CT molecular complexity index is 519. The Morgan fingerprint density at radius 3 is 2.47 bits per heavy atom. The molecule has 0 bridgehead atoms. The summed E-state index contributed by atoms with van der Waals surface area (Å²) < 4.78 is 30.5. The lowest BCUT2D eigenvalue weighted by molar-refractivity contribution is 0.108. The Balaban J connectivity index is 2.19. The minimum Gasteiger partial charge on any atom is -0.378 e. The van der Waals surface area contributed by atoms with Crippen molar-refractivity contribution in [2.75, 3.05) is 12.4 Å². The van der Waals surface area contributed by atoms with Crippen LogP contribution in [0.25, 0.3) is 0 Å². The Morgan fingerprint density at radius 1 is 1.26 bits per heavy atom. The summed E-state index contributed by atoms with van der Waals surface area (Å²) in [5.74, 6) is 0.655. The average molecular weight is 282 g/mol. The van der Waals surface area contributed by atoms with Gasteiger partial charge in [-0.2, -0.15) is 0 Å². The molecule has 1 aliphatic rings. The number of sulfone groups is 1. The van der Waals surface area contributed by atoms with Crippen molar-refractivity contribution in [3.8, 4) is 0 Å². The van der Waals surface area contributed by atoms with E-state index < -0.39 is 9.84 Å². The van der Waals surface area contributed by atoms with Gasteiger partial charge in [-0.1, -0.05) is 31.0 Å². The molecule has 1 aromatic carbocycles. The van der Waals surface area contributed by atoms with E-state index in [0.29, 0.717) is 17.4 Å². The van der Waals surface area contributed by atoms with Gasteiger partial charge in [0.1, 0.15) is 0 Å². The summed E-state index contributed by atoms with van der Waals surface area (Å²) in [7, 11) is -3.22. The second-order valence-corrected chi connectivity index (χ2v) is 7.50. The molecule has 3 atom stereocenters. The van der Waals surface area contributed by atoms with Gasteiger partial charge in [0, 0.05) is 5.92 Å². The smallest absolute Gasteiger partial charge is 0.178 e. The molecule has 106 valence electrons. The van der Waals surface area contributed by atoms with E-state index in [1.165, 1.54) is 0 Å². The number of rotatable bonds is 4. The fraction of sp³-hybridized carbons (Fsp3) is 0.600. The maximum atomic E-state index is 12.5.